The molecule has 1 aromatic rings. The highest BCUT2D eigenvalue weighted by Gasteiger charge is 3.00. The molecule has 2 rings (SSSR count). The maximum absolute atomic E-state index is 14.8. The molecule has 0 heterocycles. The molecule has 0 radical (unpaired) electrons. The first-order valence-corrected chi connectivity index (χ1v) is 8.59. The minimum atomic E-state index is -6.67. The molecule has 166 valence electrons. The molecule has 2 unspecified atom stereocenters. The highest BCUT2D eigenvalue weighted by atomic mass is 19.4. The highest BCUT2D eigenvalue weighted by molar-refractivity contribution is 5.35. The second-order valence-electron chi connectivity index (χ2n) is 7.41. The van der Waals surface area contributed by atoms with Crippen LogP contribution >= 0.6 is 0 Å². The largest absolute Gasteiger partial charge is 0.491 e. The van der Waals surface area contributed by atoms with Crippen molar-refractivity contribution in [1.29, 1.82) is 0 Å². The summed E-state index contributed by atoms with van der Waals surface area (Å²) in [6, 6.07) is 4.57. The second kappa shape index (κ2) is 6.68. The fourth-order valence-electron chi connectivity index (χ4n) is 3.11. The van der Waals surface area contributed by atoms with Crippen molar-refractivity contribution in [2.45, 2.75) is 74.7 Å². The normalized spacial score (nSPS) is 26.5. The summed E-state index contributed by atoms with van der Waals surface area (Å²) in [4.78, 5) is 0. The van der Waals surface area contributed by atoms with Crippen LogP contribution in [0.1, 0.15) is 39.2 Å². The Kier molecular flexibility index (Phi) is 5.44. The van der Waals surface area contributed by atoms with Crippen molar-refractivity contribution in [3.05, 3.63) is 29.8 Å². The van der Waals surface area contributed by atoms with Crippen LogP contribution in [0.15, 0.2) is 24.3 Å². The van der Waals surface area contributed by atoms with Gasteiger partial charge in [-0.15, -0.1) is 0 Å². The minimum Gasteiger partial charge on any atom is -0.491 e. The molecule has 1 aliphatic rings. The summed E-state index contributed by atoms with van der Waals surface area (Å²) in [5, 5.41) is 10.4. The van der Waals surface area contributed by atoms with Gasteiger partial charge in [0.05, 0.1) is 11.7 Å². The summed E-state index contributed by atoms with van der Waals surface area (Å²) in [5.41, 5.74) is -9.13. The van der Waals surface area contributed by atoms with Crippen molar-refractivity contribution in [3.63, 3.8) is 0 Å². The van der Waals surface area contributed by atoms with Gasteiger partial charge in [-0.1, -0.05) is 19.1 Å². The Morgan fingerprint density at radius 2 is 1.41 bits per heavy atom. The first-order chi connectivity index (χ1) is 12.9. The molecular weight excluding hydrogens is 419 g/mol. The first-order valence-electron chi connectivity index (χ1n) is 8.59. The van der Waals surface area contributed by atoms with Crippen molar-refractivity contribution in [1.82, 2.24) is 0 Å². The van der Waals surface area contributed by atoms with E-state index < -0.39 is 46.9 Å². The number of hydrogen-bond donors (Lipinski definition) is 1. The molecule has 1 aliphatic carbocycles. The fraction of sp³-hybridized carbons (Fsp3) is 0.667. The predicted octanol–water partition coefficient (Wildman–Crippen LogP) is 5.72. The first kappa shape index (κ1) is 23.6. The minimum absolute atomic E-state index is 0.0469. The van der Waals surface area contributed by atoms with E-state index in [1.54, 1.807) is 13.8 Å². The van der Waals surface area contributed by atoms with Crippen LogP contribution < -0.4 is 4.74 Å². The lowest BCUT2D eigenvalue weighted by atomic mass is 9.80. The Bertz CT molecular complexity index is 735. The van der Waals surface area contributed by atoms with Crippen LogP contribution in [0.3, 0.4) is 0 Å². The van der Waals surface area contributed by atoms with Crippen LogP contribution in [0.5, 0.6) is 5.75 Å². The summed E-state index contributed by atoms with van der Waals surface area (Å²) in [6.45, 7) is 4.00. The summed E-state index contributed by atoms with van der Waals surface area (Å²) >= 11 is 0. The van der Waals surface area contributed by atoms with Crippen molar-refractivity contribution >= 4 is 0 Å². The average Bonchev–Trinajstić information content (AvgIpc) is 2.64. The lowest BCUT2D eigenvalue weighted by Gasteiger charge is -2.37. The van der Waals surface area contributed by atoms with Gasteiger partial charge < -0.3 is 9.84 Å². The molecule has 1 fully saturated rings. The van der Waals surface area contributed by atoms with Crippen LogP contribution in [0, 0.1) is 0 Å². The van der Waals surface area contributed by atoms with Gasteiger partial charge in [0.15, 0.2) is 0 Å². The van der Waals surface area contributed by atoms with Crippen LogP contribution in [-0.2, 0) is 5.60 Å². The average molecular weight is 438 g/mol. The number of alkyl halides is 9. The third kappa shape index (κ3) is 3.07. The lowest BCUT2D eigenvalue weighted by molar-refractivity contribution is -0.303. The predicted molar refractivity (Wildman–Crippen MR) is 84.6 cm³/mol. The van der Waals surface area contributed by atoms with Gasteiger partial charge in [0.1, 0.15) is 5.75 Å². The molecule has 11 heteroatoms. The summed E-state index contributed by atoms with van der Waals surface area (Å²) in [7, 11) is 0. The third-order valence-electron chi connectivity index (χ3n) is 5.13. The molecule has 29 heavy (non-hydrogen) atoms. The molecule has 0 saturated heterocycles. The van der Waals surface area contributed by atoms with Crippen LogP contribution in [-0.4, -0.2) is 40.6 Å². The van der Waals surface area contributed by atoms with Crippen LogP contribution in [0.25, 0.3) is 0 Å². The van der Waals surface area contributed by atoms with Crippen LogP contribution in [0.2, 0.25) is 0 Å². The number of hydrogen-bond acceptors (Lipinski definition) is 2. The Morgan fingerprint density at radius 1 is 0.931 bits per heavy atom. The Balaban J connectivity index is 2.50. The quantitative estimate of drug-likeness (QED) is 0.576. The molecule has 2 nitrogen and oxygen atoms in total. The number of ether oxygens (including phenoxy) is 1. The van der Waals surface area contributed by atoms with Gasteiger partial charge >= 0.3 is 23.7 Å². The molecule has 2 atom stereocenters. The highest BCUT2D eigenvalue weighted by Crippen LogP contribution is 2.70. The van der Waals surface area contributed by atoms with Gasteiger partial charge in [-0.05, 0) is 38.0 Å². The van der Waals surface area contributed by atoms with Crippen molar-refractivity contribution < 1.29 is 49.4 Å². The van der Waals surface area contributed by atoms with Crippen molar-refractivity contribution in [3.8, 4) is 5.75 Å². The lowest BCUT2D eigenvalue weighted by Crippen LogP contribution is -2.57. The maximum atomic E-state index is 14.8. The fourth-order valence-corrected chi connectivity index (χ4v) is 3.11. The Labute approximate surface area is 160 Å². The maximum Gasteiger partial charge on any atom is 0.381 e. The second-order valence-corrected chi connectivity index (χ2v) is 7.41. The number of aliphatic hydroxyl groups is 1. The smallest absolute Gasteiger partial charge is 0.381 e. The van der Waals surface area contributed by atoms with E-state index in [0.717, 1.165) is 12.1 Å². The van der Waals surface area contributed by atoms with Gasteiger partial charge in [-0.25, -0.2) is 4.39 Å². The SMILES string of the molecule is CCC(C)Oc1cccc(C(C)(O)CC2(F)C(F)(F)C(F)(F)C(F)(F)C2(F)F)c1. The third-order valence-corrected chi connectivity index (χ3v) is 5.13. The summed E-state index contributed by atoms with van der Waals surface area (Å²) in [5.74, 6) is -26.2. The molecule has 1 aromatic carbocycles. The van der Waals surface area contributed by atoms with Gasteiger partial charge in [-0.3, -0.25) is 0 Å². The van der Waals surface area contributed by atoms with E-state index in [1.807, 2.05) is 0 Å². The molecule has 1 N–H and O–H groups in total. The van der Waals surface area contributed by atoms with Crippen molar-refractivity contribution in [2.75, 3.05) is 0 Å². The van der Waals surface area contributed by atoms with Gasteiger partial charge in [0.25, 0.3) is 5.67 Å². The summed E-state index contributed by atoms with van der Waals surface area (Å²) in [6.07, 6.45) is -2.22. The molecule has 0 amide bonds. The zero-order valence-electron chi connectivity index (χ0n) is 15.6. The monoisotopic (exact) mass is 438 g/mol. The molecule has 0 bridgehead atoms. The topological polar surface area (TPSA) is 29.5 Å². The summed E-state index contributed by atoms with van der Waals surface area (Å²) < 4.78 is 129. The van der Waals surface area contributed by atoms with E-state index >= 15 is 0 Å². The number of rotatable bonds is 6. The van der Waals surface area contributed by atoms with Gasteiger partial charge in [0, 0.05) is 6.42 Å². The molecule has 0 aromatic heterocycles. The van der Waals surface area contributed by atoms with E-state index in [4.69, 9.17) is 4.74 Å². The molecular formula is C18H19F9O2. The van der Waals surface area contributed by atoms with E-state index in [9.17, 15) is 44.6 Å². The van der Waals surface area contributed by atoms with Gasteiger partial charge in [0.2, 0.25) is 0 Å². The number of benzene rings is 1. The number of halogens is 9. The zero-order chi connectivity index (χ0) is 22.7. The van der Waals surface area contributed by atoms with E-state index in [0.29, 0.717) is 13.3 Å². The molecule has 0 aliphatic heterocycles. The molecule has 1 saturated carbocycles. The van der Waals surface area contributed by atoms with Crippen molar-refractivity contribution in [2.24, 2.45) is 0 Å². The van der Waals surface area contributed by atoms with Gasteiger partial charge in [-0.2, -0.15) is 35.1 Å². The Morgan fingerprint density at radius 3 is 1.86 bits per heavy atom. The Hall–Kier alpha value is -1.65. The van der Waals surface area contributed by atoms with E-state index in [1.165, 1.54) is 12.1 Å². The van der Waals surface area contributed by atoms with Crippen LogP contribution in [0.4, 0.5) is 39.5 Å². The molecule has 0 spiro atoms. The van der Waals surface area contributed by atoms with E-state index in [-0.39, 0.29) is 11.9 Å². The van der Waals surface area contributed by atoms with E-state index in [2.05, 4.69) is 0 Å². The standard InChI is InChI=1S/C18H19F9O2/c1-4-10(2)29-12-7-5-6-11(8-12)13(3,28)9-14(19)15(20,21)17(24,25)18(26,27)16(14,22)23/h5-8,10,28H,4,9H2,1-3H3. The zero-order valence-corrected chi connectivity index (χ0v) is 15.6.